The third-order valence-electron chi connectivity index (χ3n) is 2.88. The van der Waals surface area contributed by atoms with E-state index in [2.05, 4.69) is 9.71 Å². The van der Waals surface area contributed by atoms with Gasteiger partial charge in [0.25, 0.3) is 0 Å². The molecule has 0 fully saturated rings. The van der Waals surface area contributed by atoms with E-state index in [4.69, 9.17) is 17.3 Å². The number of nitrogens with one attached hydrogen (secondary N) is 1. The molecule has 0 spiro atoms. The van der Waals surface area contributed by atoms with E-state index in [0.29, 0.717) is 0 Å². The summed E-state index contributed by atoms with van der Waals surface area (Å²) in [6, 6.07) is 4.75. The van der Waals surface area contributed by atoms with Crippen molar-refractivity contribution in [3.63, 3.8) is 0 Å². The number of rotatable bonds is 4. The molecule has 1 atom stereocenters. The first-order valence-corrected chi connectivity index (χ1v) is 7.84. The molecule has 2 aromatic rings. The summed E-state index contributed by atoms with van der Waals surface area (Å²) >= 11 is 5.79. The van der Waals surface area contributed by atoms with Gasteiger partial charge >= 0.3 is 0 Å². The number of anilines is 1. The van der Waals surface area contributed by atoms with Crippen LogP contribution in [0, 0.1) is 5.82 Å². The molecule has 21 heavy (non-hydrogen) atoms. The highest BCUT2D eigenvalue weighted by molar-refractivity contribution is 7.89. The fourth-order valence-electron chi connectivity index (χ4n) is 1.77. The second kappa shape index (κ2) is 5.97. The molecular weight excluding hydrogens is 317 g/mol. The minimum absolute atomic E-state index is 0.226. The van der Waals surface area contributed by atoms with Gasteiger partial charge in [0.15, 0.2) is 0 Å². The minimum atomic E-state index is -3.93. The van der Waals surface area contributed by atoms with Crippen molar-refractivity contribution in [3.05, 3.63) is 53.1 Å². The molecule has 5 nitrogen and oxygen atoms in total. The molecule has 0 aliphatic carbocycles. The molecule has 2 rings (SSSR count). The van der Waals surface area contributed by atoms with E-state index in [1.165, 1.54) is 0 Å². The summed E-state index contributed by atoms with van der Waals surface area (Å²) in [6.45, 7) is 1.67. The van der Waals surface area contributed by atoms with Crippen LogP contribution >= 0.6 is 11.6 Å². The molecule has 0 saturated heterocycles. The van der Waals surface area contributed by atoms with Crippen LogP contribution in [0.4, 0.5) is 10.1 Å². The SMILES string of the molecule is CC(NS(=O)(=O)c1cc(N)c(F)cc1Cl)c1ccncc1. The number of nitrogen functional groups attached to an aromatic ring is 1. The Hall–Kier alpha value is -1.70. The van der Waals surface area contributed by atoms with Crippen LogP contribution in [0.5, 0.6) is 0 Å². The summed E-state index contributed by atoms with van der Waals surface area (Å²) in [5, 5.41) is -0.226. The van der Waals surface area contributed by atoms with Crippen molar-refractivity contribution in [2.45, 2.75) is 17.9 Å². The number of nitrogens with zero attached hydrogens (tertiary/aromatic N) is 1. The minimum Gasteiger partial charge on any atom is -0.396 e. The van der Waals surface area contributed by atoms with Gasteiger partial charge in [0, 0.05) is 18.4 Å². The standard InChI is InChI=1S/C13H13ClFN3O2S/c1-8(9-2-4-17-5-3-9)18-21(19,20)13-7-12(16)11(15)6-10(13)14/h2-8,18H,16H2,1H3. The monoisotopic (exact) mass is 329 g/mol. The molecule has 3 N–H and O–H groups in total. The topological polar surface area (TPSA) is 85.1 Å². The number of nitrogens with two attached hydrogens (primary N) is 1. The highest BCUT2D eigenvalue weighted by atomic mass is 35.5. The van der Waals surface area contributed by atoms with Gasteiger partial charge in [-0.25, -0.2) is 17.5 Å². The Morgan fingerprint density at radius 1 is 1.33 bits per heavy atom. The summed E-state index contributed by atoms with van der Waals surface area (Å²) < 4.78 is 40.3. The summed E-state index contributed by atoms with van der Waals surface area (Å²) in [7, 11) is -3.93. The van der Waals surface area contributed by atoms with Crippen LogP contribution in [-0.2, 0) is 10.0 Å². The van der Waals surface area contributed by atoms with Crippen molar-refractivity contribution in [3.8, 4) is 0 Å². The molecule has 0 amide bonds. The molecule has 8 heteroatoms. The largest absolute Gasteiger partial charge is 0.396 e. The molecule has 0 bridgehead atoms. The summed E-state index contributed by atoms with van der Waals surface area (Å²) in [5.74, 6) is -0.763. The molecule has 1 aromatic heterocycles. The van der Waals surface area contributed by atoms with Crippen molar-refractivity contribution in [1.29, 1.82) is 0 Å². The van der Waals surface area contributed by atoms with Crippen molar-refractivity contribution >= 4 is 27.3 Å². The molecule has 1 unspecified atom stereocenters. The number of benzene rings is 1. The number of aromatic nitrogens is 1. The van der Waals surface area contributed by atoms with Crippen LogP contribution in [0.15, 0.2) is 41.6 Å². The van der Waals surface area contributed by atoms with E-state index in [0.717, 1.165) is 17.7 Å². The van der Waals surface area contributed by atoms with Crippen molar-refractivity contribution < 1.29 is 12.8 Å². The average Bonchev–Trinajstić information content (AvgIpc) is 2.43. The first-order chi connectivity index (χ1) is 9.81. The van der Waals surface area contributed by atoms with Gasteiger partial charge in [-0.1, -0.05) is 11.6 Å². The zero-order valence-corrected chi connectivity index (χ0v) is 12.6. The van der Waals surface area contributed by atoms with Crippen LogP contribution in [0.2, 0.25) is 5.02 Å². The Labute approximate surface area is 127 Å². The fourth-order valence-corrected chi connectivity index (χ4v) is 3.55. The highest BCUT2D eigenvalue weighted by Gasteiger charge is 2.22. The Kier molecular flexibility index (Phi) is 4.46. The molecule has 112 valence electrons. The maximum atomic E-state index is 13.2. The van der Waals surface area contributed by atoms with Crippen molar-refractivity contribution in [1.82, 2.24) is 9.71 Å². The second-order valence-electron chi connectivity index (χ2n) is 4.43. The van der Waals surface area contributed by atoms with E-state index in [1.54, 1.807) is 31.5 Å². The summed E-state index contributed by atoms with van der Waals surface area (Å²) in [4.78, 5) is 3.60. The summed E-state index contributed by atoms with van der Waals surface area (Å²) in [6.07, 6.45) is 3.12. The van der Waals surface area contributed by atoms with Gasteiger partial charge < -0.3 is 5.73 Å². The van der Waals surface area contributed by atoms with Crippen LogP contribution in [0.25, 0.3) is 0 Å². The Bertz CT molecular complexity index is 754. The lowest BCUT2D eigenvalue weighted by molar-refractivity contribution is 0.566. The zero-order valence-electron chi connectivity index (χ0n) is 11.0. The first-order valence-electron chi connectivity index (χ1n) is 5.98. The van der Waals surface area contributed by atoms with E-state index in [1.807, 2.05) is 0 Å². The normalized spacial score (nSPS) is 13.1. The van der Waals surface area contributed by atoms with Gasteiger partial charge in [-0.3, -0.25) is 4.98 Å². The molecule has 1 aromatic carbocycles. The number of hydrogen-bond donors (Lipinski definition) is 2. The van der Waals surface area contributed by atoms with Gasteiger partial charge in [0.2, 0.25) is 10.0 Å². The van der Waals surface area contributed by atoms with Crippen LogP contribution < -0.4 is 10.5 Å². The second-order valence-corrected chi connectivity index (χ2v) is 6.52. The molecule has 1 heterocycles. The van der Waals surface area contributed by atoms with Crippen molar-refractivity contribution in [2.75, 3.05) is 5.73 Å². The van der Waals surface area contributed by atoms with E-state index in [-0.39, 0.29) is 15.6 Å². The van der Waals surface area contributed by atoms with Gasteiger partial charge in [-0.15, -0.1) is 0 Å². The van der Waals surface area contributed by atoms with Gasteiger partial charge in [-0.05, 0) is 36.8 Å². The third kappa shape index (κ3) is 3.49. The Morgan fingerprint density at radius 3 is 2.57 bits per heavy atom. The predicted molar refractivity (Wildman–Crippen MR) is 78.8 cm³/mol. The number of pyridine rings is 1. The molecule has 0 saturated carbocycles. The highest BCUT2D eigenvalue weighted by Crippen LogP contribution is 2.27. The summed E-state index contributed by atoms with van der Waals surface area (Å²) in [5.41, 5.74) is 5.85. The van der Waals surface area contributed by atoms with Gasteiger partial charge in [0.1, 0.15) is 10.7 Å². The maximum Gasteiger partial charge on any atom is 0.242 e. The Morgan fingerprint density at radius 2 is 1.95 bits per heavy atom. The van der Waals surface area contributed by atoms with E-state index >= 15 is 0 Å². The lowest BCUT2D eigenvalue weighted by atomic mass is 10.1. The Balaban J connectivity index is 2.33. The van der Waals surface area contributed by atoms with Gasteiger partial charge in [0.05, 0.1) is 10.7 Å². The number of halogens is 2. The van der Waals surface area contributed by atoms with Crippen LogP contribution in [0.1, 0.15) is 18.5 Å². The quantitative estimate of drug-likeness (QED) is 0.844. The van der Waals surface area contributed by atoms with Crippen LogP contribution in [-0.4, -0.2) is 13.4 Å². The first kappa shape index (κ1) is 15.7. The predicted octanol–water partition coefficient (Wildman–Crippen LogP) is 2.50. The molecule has 0 aliphatic rings. The maximum absolute atomic E-state index is 13.2. The number of sulfonamides is 1. The van der Waals surface area contributed by atoms with Crippen molar-refractivity contribution in [2.24, 2.45) is 0 Å². The molecular formula is C13H13ClFN3O2S. The zero-order chi connectivity index (χ0) is 15.6. The fraction of sp³-hybridized carbons (Fsp3) is 0.154. The molecule has 0 aliphatic heterocycles. The third-order valence-corrected chi connectivity index (χ3v) is 4.88. The lowest BCUT2D eigenvalue weighted by Crippen LogP contribution is -2.27. The molecule has 0 radical (unpaired) electrons. The van der Waals surface area contributed by atoms with Gasteiger partial charge in [-0.2, -0.15) is 0 Å². The van der Waals surface area contributed by atoms with E-state index in [9.17, 15) is 12.8 Å². The van der Waals surface area contributed by atoms with Crippen LogP contribution in [0.3, 0.4) is 0 Å². The van der Waals surface area contributed by atoms with E-state index < -0.39 is 21.9 Å². The average molecular weight is 330 g/mol. The smallest absolute Gasteiger partial charge is 0.242 e. The lowest BCUT2D eigenvalue weighted by Gasteiger charge is -2.15. The number of hydrogen-bond acceptors (Lipinski definition) is 4.